The van der Waals surface area contributed by atoms with Gasteiger partial charge in [-0.25, -0.2) is 0 Å². The van der Waals surface area contributed by atoms with Crippen molar-refractivity contribution in [2.45, 2.75) is 52.1 Å². The molecule has 0 bridgehead atoms. The normalized spacial score (nSPS) is 38.7. The van der Waals surface area contributed by atoms with Gasteiger partial charge in [-0.3, -0.25) is 4.79 Å². The van der Waals surface area contributed by atoms with Crippen LogP contribution in [0.15, 0.2) is 0 Å². The topological polar surface area (TPSA) is 57.5 Å². The van der Waals surface area contributed by atoms with Crippen LogP contribution in [0.5, 0.6) is 0 Å². The average Bonchev–Trinajstić information content (AvgIpc) is 2.12. The molecule has 3 heteroatoms. The summed E-state index contributed by atoms with van der Waals surface area (Å²) >= 11 is 0. The Morgan fingerprint density at radius 1 is 1.47 bits per heavy atom. The first-order valence-electron chi connectivity index (χ1n) is 5.86. The standard InChI is InChI=1S/C12H22O3/c1-4-10(11(13)14)12(15)6-5-8(2)9(3)7-12/h8-10,15H,4-7H2,1-3H3,(H,13,14). The van der Waals surface area contributed by atoms with Crippen molar-refractivity contribution in [1.29, 1.82) is 0 Å². The predicted octanol–water partition coefficient (Wildman–Crippen LogP) is 2.28. The van der Waals surface area contributed by atoms with Crippen LogP contribution in [0, 0.1) is 17.8 Å². The molecule has 0 radical (unpaired) electrons. The molecule has 1 aliphatic rings. The van der Waals surface area contributed by atoms with E-state index in [0.29, 0.717) is 31.1 Å². The molecule has 0 aliphatic heterocycles. The molecule has 0 heterocycles. The SMILES string of the molecule is CCC(C(=O)O)C1(O)CCC(C)C(C)C1. The maximum atomic E-state index is 11.1. The van der Waals surface area contributed by atoms with Crippen molar-refractivity contribution in [2.24, 2.45) is 17.8 Å². The van der Waals surface area contributed by atoms with Crippen molar-refractivity contribution in [2.75, 3.05) is 0 Å². The first-order valence-corrected chi connectivity index (χ1v) is 5.86. The van der Waals surface area contributed by atoms with Gasteiger partial charge in [-0.2, -0.15) is 0 Å². The largest absolute Gasteiger partial charge is 0.481 e. The second kappa shape index (κ2) is 4.52. The van der Waals surface area contributed by atoms with Crippen molar-refractivity contribution in [1.82, 2.24) is 0 Å². The van der Waals surface area contributed by atoms with E-state index in [2.05, 4.69) is 13.8 Å². The van der Waals surface area contributed by atoms with Gasteiger partial charge >= 0.3 is 5.97 Å². The monoisotopic (exact) mass is 214 g/mol. The van der Waals surface area contributed by atoms with E-state index in [9.17, 15) is 9.90 Å². The minimum atomic E-state index is -0.980. The van der Waals surface area contributed by atoms with E-state index in [4.69, 9.17) is 5.11 Å². The Kier molecular flexibility index (Phi) is 3.77. The smallest absolute Gasteiger partial charge is 0.309 e. The predicted molar refractivity (Wildman–Crippen MR) is 58.5 cm³/mol. The molecular weight excluding hydrogens is 192 g/mol. The first-order chi connectivity index (χ1) is 6.90. The Balaban J connectivity index is 2.77. The van der Waals surface area contributed by atoms with Crippen LogP contribution in [0.25, 0.3) is 0 Å². The molecule has 1 fully saturated rings. The minimum Gasteiger partial charge on any atom is -0.481 e. The third-order valence-electron chi connectivity index (χ3n) is 4.03. The molecular formula is C12H22O3. The van der Waals surface area contributed by atoms with Crippen LogP contribution in [0.3, 0.4) is 0 Å². The second-order valence-corrected chi connectivity index (χ2v) is 5.10. The van der Waals surface area contributed by atoms with E-state index >= 15 is 0 Å². The number of rotatable bonds is 3. The van der Waals surface area contributed by atoms with Gasteiger partial charge in [0, 0.05) is 0 Å². The number of carbonyl (C=O) groups is 1. The summed E-state index contributed by atoms with van der Waals surface area (Å²) in [6, 6.07) is 0. The summed E-state index contributed by atoms with van der Waals surface area (Å²) in [5.41, 5.74) is -0.980. The Bertz CT molecular complexity index is 239. The number of aliphatic carboxylic acids is 1. The molecule has 15 heavy (non-hydrogen) atoms. The summed E-state index contributed by atoms with van der Waals surface area (Å²) in [6.45, 7) is 6.11. The number of hydrogen-bond acceptors (Lipinski definition) is 2. The second-order valence-electron chi connectivity index (χ2n) is 5.10. The van der Waals surface area contributed by atoms with E-state index < -0.39 is 17.5 Å². The van der Waals surface area contributed by atoms with Crippen LogP contribution in [-0.4, -0.2) is 21.8 Å². The van der Waals surface area contributed by atoms with Crippen LogP contribution >= 0.6 is 0 Å². The maximum absolute atomic E-state index is 11.1. The molecule has 4 unspecified atom stereocenters. The molecule has 1 saturated carbocycles. The summed E-state index contributed by atoms with van der Waals surface area (Å²) in [4.78, 5) is 11.1. The van der Waals surface area contributed by atoms with Gasteiger partial charge in [0.25, 0.3) is 0 Å². The molecule has 2 N–H and O–H groups in total. The molecule has 0 aromatic carbocycles. The summed E-state index contributed by atoms with van der Waals surface area (Å²) in [7, 11) is 0. The van der Waals surface area contributed by atoms with Crippen molar-refractivity contribution >= 4 is 5.97 Å². The van der Waals surface area contributed by atoms with E-state index in [1.807, 2.05) is 6.92 Å². The number of hydrogen-bond donors (Lipinski definition) is 2. The fourth-order valence-electron chi connectivity index (χ4n) is 2.72. The van der Waals surface area contributed by atoms with Crippen LogP contribution in [0.4, 0.5) is 0 Å². The number of aliphatic hydroxyl groups is 1. The lowest BCUT2D eigenvalue weighted by Gasteiger charge is -2.42. The van der Waals surface area contributed by atoms with Crippen molar-refractivity contribution in [3.05, 3.63) is 0 Å². The van der Waals surface area contributed by atoms with Crippen LogP contribution in [0.1, 0.15) is 46.5 Å². The average molecular weight is 214 g/mol. The van der Waals surface area contributed by atoms with Gasteiger partial charge in [-0.1, -0.05) is 20.8 Å². The fourth-order valence-corrected chi connectivity index (χ4v) is 2.72. The van der Waals surface area contributed by atoms with Gasteiger partial charge in [0.05, 0.1) is 11.5 Å². The molecule has 1 aliphatic carbocycles. The third-order valence-corrected chi connectivity index (χ3v) is 4.03. The highest BCUT2D eigenvalue weighted by Crippen LogP contribution is 2.41. The highest BCUT2D eigenvalue weighted by atomic mass is 16.4. The molecule has 0 aromatic heterocycles. The van der Waals surface area contributed by atoms with E-state index in [0.717, 1.165) is 6.42 Å². The Labute approximate surface area is 91.5 Å². The molecule has 3 nitrogen and oxygen atoms in total. The molecule has 0 amide bonds. The van der Waals surface area contributed by atoms with Crippen molar-refractivity contribution in [3.8, 4) is 0 Å². The Morgan fingerprint density at radius 2 is 2.07 bits per heavy atom. The summed E-state index contributed by atoms with van der Waals surface area (Å²) in [6.07, 6.45) is 2.69. The number of carboxylic acid groups (broad SMARTS) is 1. The van der Waals surface area contributed by atoms with Gasteiger partial charge in [-0.15, -0.1) is 0 Å². The molecule has 0 spiro atoms. The lowest BCUT2D eigenvalue weighted by Crippen LogP contribution is -2.47. The molecule has 0 saturated heterocycles. The highest BCUT2D eigenvalue weighted by Gasteiger charge is 2.44. The zero-order valence-corrected chi connectivity index (χ0v) is 9.86. The van der Waals surface area contributed by atoms with Gasteiger partial charge in [0.1, 0.15) is 0 Å². The lowest BCUT2D eigenvalue weighted by atomic mass is 9.67. The van der Waals surface area contributed by atoms with Gasteiger partial charge < -0.3 is 10.2 Å². The van der Waals surface area contributed by atoms with Crippen LogP contribution in [-0.2, 0) is 4.79 Å². The first kappa shape index (κ1) is 12.5. The summed E-state index contributed by atoms with van der Waals surface area (Å²) in [5, 5.41) is 19.5. The third kappa shape index (κ3) is 2.51. The number of carboxylic acids is 1. The maximum Gasteiger partial charge on any atom is 0.309 e. The van der Waals surface area contributed by atoms with Gasteiger partial charge in [0.2, 0.25) is 0 Å². The van der Waals surface area contributed by atoms with E-state index in [-0.39, 0.29) is 0 Å². The Hall–Kier alpha value is -0.570. The zero-order chi connectivity index (χ0) is 11.6. The zero-order valence-electron chi connectivity index (χ0n) is 9.86. The van der Waals surface area contributed by atoms with Crippen LogP contribution in [0.2, 0.25) is 0 Å². The van der Waals surface area contributed by atoms with E-state index in [1.165, 1.54) is 0 Å². The molecule has 1 rings (SSSR count). The van der Waals surface area contributed by atoms with Crippen molar-refractivity contribution in [3.63, 3.8) is 0 Å². The minimum absolute atomic E-state index is 0.414. The summed E-state index contributed by atoms with van der Waals surface area (Å²) < 4.78 is 0. The van der Waals surface area contributed by atoms with Gasteiger partial charge in [-0.05, 0) is 37.5 Å². The highest BCUT2D eigenvalue weighted by molar-refractivity contribution is 5.71. The van der Waals surface area contributed by atoms with E-state index in [1.54, 1.807) is 0 Å². The fraction of sp³-hybridized carbons (Fsp3) is 0.917. The molecule has 88 valence electrons. The van der Waals surface area contributed by atoms with Crippen molar-refractivity contribution < 1.29 is 15.0 Å². The Morgan fingerprint density at radius 3 is 2.47 bits per heavy atom. The molecule has 4 atom stereocenters. The quantitative estimate of drug-likeness (QED) is 0.757. The lowest BCUT2D eigenvalue weighted by molar-refractivity contribution is -0.157. The molecule has 0 aromatic rings. The van der Waals surface area contributed by atoms with Crippen LogP contribution < -0.4 is 0 Å². The summed E-state index contributed by atoms with van der Waals surface area (Å²) in [5.74, 6) is -0.456. The van der Waals surface area contributed by atoms with Gasteiger partial charge in [0.15, 0.2) is 0 Å².